The van der Waals surface area contributed by atoms with E-state index in [4.69, 9.17) is 0 Å². The zero-order valence-electron chi connectivity index (χ0n) is 13.2. The van der Waals surface area contributed by atoms with E-state index in [9.17, 15) is 18.0 Å². The van der Waals surface area contributed by atoms with Crippen LogP contribution >= 0.6 is 11.3 Å². The van der Waals surface area contributed by atoms with Crippen LogP contribution in [0.25, 0.3) is 15.9 Å². The van der Waals surface area contributed by atoms with E-state index < -0.39 is 11.7 Å². The van der Waals surface area contributed by atoms with Crippen LogP contribution in [-0.2, 0) is 6.18 Å². The first kappa shape index (κ1) is 17.2. The van der Waals surface area contributed by atoms with Crippen LogP contribution in [0.2, 0.25) is 0 Å². The quantitative estimate of drug-likeness (QED) is 0.700. The van der Waals surface area contributed by atoms with Crippen molar-refractivity contribution in [1.29, 1.82) is 0 Å². The van der Waals surface area contributed by atoms with Gasteiger partial charge in [0.25, 0.3) is 5.91 Å². The summed E-state index contributed by atoms with van der Waals surface area (Å²) in [5, 5.41) is 7.74. The van der Waals surface area contributed by atoms with Gasteiger partial charge in [0, 0.05) is 11.9 Å². The fraction of sp³-hybridized carbons (Fsp3) is 0.176. The Morgan fingerprint density at radius 1 is 1.40 bits per heavy atom. The van der Waals surface area contributed by atoms with Crippen LogP contribution in [0.3, 0.4) is 0 Å². The zero-order chi connectivity index (χ0) is 18.2. The zero-order valence-corrected chi connectivity index (χ0v) is 14.0. The molecule has 0 saturated heterocycles. The van der Waals surface area contributed by atoms with Gasteiger partial charge in [0.1, 0.15) is 4.83 Å². The lowest BCUT2D eigenvalue weighted by molar-refractivity contribution is -0.137. The van der Waals surface area contributed by atoms with Gasteiger partial charge in [-0.05, 0) is 31.2 Å². The van der Waals surface area contributed by atoms with Gasteiger partial charge >= 0.3 is 6.18 Å². The molecule has 25 heavy (non-hydrogen) atoms. The van der Waals surface area contributed by atoms with E-state index in [-0.39, 0.29) is 5.91 Å². The summed E-state index contributed by atoms with van der Waals surface area (Å²) in [7, 11) is 0. The molecule has 8 heteroatoms. The van der Waals surface area contributed by atoms with Crippen molar-refractivity contribution < 1.29 is 18.0 Å². The van der Waals surface area contributed by atoms with Crippen molar-refractivity contribution in [3.05, 3.63) is 59.1 Å². The molecule has 4 nitrogen and oxygen atoms in total. The van der Waals surface area contributed by atoms with Crippen molar-refractivity contribution in [2.75, 3.05) is 6.54 Å². The molecule has 130 valence electrons. The van der Waals surface area contributed by atoms with Crippen molar-refractivity contribution >= 4 is 27.5 Å². The molecule has 3 aromatic rings. The first-order valence-electron chi connectivity index (χ1n) is 7.37. The number of carbonyl (C=O) groups excluding carboxylic acids is 1. The molecule has 0 aliphatic rings. The summed E-state index contributed by atoms with van der Waals surface area (Å²) in [5.74, 6) is -0.254. The van der Waals surface area contributed by atoms with E-state index in [0.717, 1.165) is 17.5 Å². The third-order valence-electron chi connectivity index (χ3n) is 3.59. The standard InChI is InChI=1S/C17H14F3N3OS/c1-3-7-21-15(24)14-9-13-10(2)22-23(16(13)25-14)12-6-4-5-11(8-12)17(18,19)20/h3-6,8-9H,1,7H2,2H3,(H,21,24). The average Bonchev–Trinajstić information content (AvgIpc) is 3.13. The highest BCUT2D eigenvalue weighted by atomic mass is 32.1. The predicted molar refractivity (Wildman–Crippen MR) is 91.2 cm³/mol. The van der Waals surface area contributed by atoms with Crippen LogP contribution in [0.4, 0.5) is 13.2 Å². The van der Waals surface area contributed by atoms with Crippen LogP contribution in [0.15, 0.2) is 43.0 Å². The van der Waals surface area contributed by atoms with Gasteiger partial charge in [-0.2, -0.15) is 18.3 Å². The summed E-state index contributed by atoms with van der Waals surface area (Å²) in [4.78, 5) is 13.2. The average molecular weight is 365 g/mol. The van der Waals surface area contributed by atoms with Gasteiger partial charge in [-0.3, -0.25) is 4.79 Å². The number of nitrogens with zero attached hydrogens (tertiary/aromatic N) is 2. The SMILES string of the molecule is C=CCNC(=O)c1cc2c(C)nn(-c3cccc(C(F)(F)F)c3)c2s1. The van der Waals surface area contributed by atoms with Crippen molar-refractivity contribution in [3.8, 4) is 5.69 Å². The second-order valence-electron chi connectivity index (χ2n) is 5.37. The Kier molecular flexibility index (Phi) is 4.38. The third-order valence-corrected chi connectivity index (χ3v) is 4.70. The fourth-order valence-electron chi connectivity index (χ4n) is 2.40. The molecular formula is C17H14F3N3OS. The van der Waals surface area contributed by atoms with Gasteiger partial charge in [0.15, 0.2) is 0 Å². The van der Waals surface area contributed by atoms with E-state index in [1.165, 1.54) is 22.1 Å². The van der Waals surface area contributed by atoms with Crippen LogP contribution in [0.5, 0.6) is 0 Å². The Hall–Kier alpha value is -2.61. The Labute approximate surface area is 145 Å². The van der Waals surface area contributed by atoms with E-state index in [1.807, 2.05) is 0 Å². The monoisotopic (exact) mass is 365 g/mol. The van der Waals surface area contributed by atoms with E-state index in [1.54, 1.807) is 25.1 Å². The van der Waals surface area contributed by atoms with Gasteiger partial charge in [-0.25, -0.2) is 4.68 Å². The minimum Gasteiger partial charge on any atom is -0.348 e. The maximum atomic E-state index is 12.9. The Morgan fingerprint density at radius 3 is 2.84 bits per heavy atom. The number of aryl methyl sites for hydroxylation is 1. The van der Waals surface area contributed by atoms with E-state index >= 15 is 0 Å². The number of amides is 1. The molecule has 1 amide bonds. The van der Waals surface area contributed by atoms with Crippen molar-refractivity contribution in [3.63, 3.8) is 0 Å². The highest BCUT2D eigenvalue weighted by Gasteiger charge is 2.30. The van der Waals surface area contributed by atoms with Gasteiger partial charge < -0.3 is 5.32 Å². The van der Waals surface area contributed by atoms with Gasteiger partial charge in [-0.1, -0.05) is 12.1 Å². The Morgan fingerprint density at radius 2 is 2.16 bits per heavy atom. The lowest BCUT2D eigenvalue weighted by atomic mass is 10.2. The molecule has 0 radical (unpaired) electrons. The topological polar surface area (TPSA) is 46.9 Å². The first-order chi connectivity index (χ1) is 11.8. The van der Waals surface area contributed by atoms with Crippen LogP contribution < -0.4 is 5.32 Å². The molecule has 3 rings (SSSR count). The molecular weight excluding hydrogens is 351 g/mol. The van der Waals surface area contributed by atoms with Crippen molar-refractivity contribution in [2.45, 2.75) is 13.1 Å². The highest BCUT2D eigenvalue weighted by molar-refractivity contribution is 7.20. The van der Waals surface area contributed by atoms with E-state index in [2.05, 4.69) is 17.0 Å². The van der Waals surface area contributed by atoms with Crippen LogP contribution in [-0.4, -0.2) is 22.2 Å². The number of aromatic nitrogens is 2. The summed E-state index contributed by atoms with van der Waals surface area (Å²) in [5.41, 5.74) is 0.200. The molecule has 1 aromatic carbocycles. The van der Waals surface area contributed by atoms with Crippen molar-refractivity contribution in [2.24, 2.45) is 0 Å². The van der Waals surface area contributed by atoms with Gasteiger partial charge in [0.05, 0.1) is 21.8 Å². The van der Waals surface area contributed by atoms with Gasteiger partial charge in [-0.15, -0.1) is 17.9 Å². The number of nitrogens with one attached hydrogen (secondary N) is 1. The number of fused-ring (bicyclic) bond motifs is 1. The van der Waals surface area contributed by atoms with Crippen molar-refractivity contribution in [1.82, 2.24) is 15.1 Å². The largest absolute Gasteiger partial charge is 0.416 e. The molecule has 0 unspecified atom stereocenters. The minimum atomic E-state index is -4.43. The number of halogens is 3. The highest BCUT2D eigenvalue weighted by Crippen LogP contribution is 2.33. The molecule has 1 N–H and O–H groups in total. The Bertz CT molecular complexity index is 956. The number of hydrogen-bond donors (Lipinski definition) is 1. The molecule has 0 bridgehead atoms. The molecule has 0 spiro atoms. The third kappa shape index (κ3) is 3.30. The number of thiophene rings is 1. The molecule has 0 aliphatic heterocycles. The lowest BCUT2D eigenvalue weighted by Crippen LogP contribution is -2.22. The van der Waals surface area contributed by atoms with E-state index in [0.29, 0.717) is 27.6 Å². The maximum Gasteiger partial charge on any atom is 0.416 e. The second-order valence-corrected chi connectivity index (χ2v) is 6.40. The maximum absolute atomic E-state index is 12.9. The smallest absolute Gasteiger partial charge is 0.348 e. The molecule has 0 saturated carbocycles. The number of benzene rings is 1. The first-order valence-corrected chi connectivity index (χ1v) is 8.19. The van der Waals surface area contributed by atoms with Gasteiger partial charge in [0.2, 0.25) is 0 Å². The summed E-state index contributed by atoms with van der Waals surface area (Å²) in [6.07, 6.45) is -2.86. The Balaban J connectivity index is 2.07. The lowest BCUT2D eigenvalue weighted by Gasteiger charge is -2.09. The summed E-state index contributed by atoms with van der Waals surface area (Å²) >= 11 is 1.18. The van der Waals surface area contributed by atoms with Crippen LogP contribution in [0, 0.1) is 6.92 Å². The molecule has 0 aliphatic carbocycles. The predicted octanol–water partition coefficient (Wildman–Crippen LogP) is 4.33. The minimum absolute atomic E-state index is 0.254. The second kappa shape index (κ2) is 6.36. The fourth-order valence-corrected chi connectivity index (χ4v) is 3.50. The molecule has 0 atom stereocenters. The summed E-state index contributed by atoms with van der Waals surface area (Å²) in [6.45, 7) is 5.63. The number of alkyl halides is 3. The number of carbonyl (C=O) groups is 1. The molecule has 2 aromatic heterocycles. The molecule has 0 fully saturated rings. The molecule has 2 heterocycles. The number of rotatable bonds is 4. The summed E-state index contributed by atoms with van der Waals surface area (Å²) in [6, 6.07) is 6.65. The summed E-state index contributed by atoms with van der Waals surface area (Å²) < 4.78 is 40.3. The number of hydrogen-bond acceptors (Lipinski definition) is 3. The normalized spacial score (nSPS) is 11.7. The van der Waals surface area contributed by atoms with Crippen LogP contribution in [0.1, 0.15) is 20.9 Å².